The van der Waals surface area contributed by atoms with Gasteiger partial charge < -0.3 is 4.74 Å². The van der Waals surface area contributed by atoms with Crippen molar-refractivity contribution >= 4 is 17.9 Å². The Morgan fingerprint density at radius 3 is 2.11 bits per heavy atom. The van der Waals surface area contributed by atoms with Gasteiger partial charge in [-0.1, -0.05) is 91.0 Å². The van der Waals surface area contributed by atoms with E-state index in [1.54, 1.807) is 0 Å². The fourth-order valence-electron chi connectivity index (χ4n) is 3.35. The van der Waals surface area contributed by atoms with Gasteiger partial charge in [-0.3, -0.25) is 0 Å². The number of benzene rings is 3. The van der Waals surface area contributed by atoms with Gasteiger partial charge in [0.05, 0.1) is 0 Å². The number of aliphatic imine (C=N–C) groups is 1. The molecular formula is C25H21NO2. The minimum Gasteiger partial charge on any atom is -0.405 e. The SMILES string of the molecule is O=C1OC(c2ccccc2)=N[C@]1(C/C=C/c1ccccc1)Cc1ccccc1. The molecule has 0 bridgehead atoms. The van der Waals surface area contributed by atoms with Crippen LogP contribution in [0.1, 0.15) is 23.1 Å². The van der Waals surface area contributed by atoms with Crippen LogP contribution in [0.15, 0.2) is 102 Å². The van der Waals surface area contributed by atoms with Crippen molar-refractivity contribution < 1.29 is 9.53 Å². The highest BCUT2D eigenvalue weighted by Gasteiger charge is 2.45. The van der Waals surface area contributed by atoms with Gasteiger partial charge in [-0.15, -0.1) is 0 Å². The zero-order valence-electron chi connectivity index (χ0n) is 15.5. The van der Waals surface area contributed by atoms with Crippen molar-refractivity contribution in [1.82, 2.24) is 0 Å². The van der Waals surface area contributed by atoms with Gasteiger partial charge in [0, 0.05) is 18.4 Å². The summed E-state index contributed by atoms with van der Waals surface area (Å²) < 4.78 is 5.62. The van der Waals surface area contributed by atoms with Gasteiger partial charge in [0.1, 0.15) is 0 Å². The van der Waals surface area contributed by atoms with Gasteiger partial charge in [0.25, 0.3) is 0 Å². The summed E-state index contributed by atoms with van der Waals surface area (Å²) >= 11 is 0. The summed E-state index contributed by atoms with van der Waals surface area (Å²) in [5.41, 5.74) is 2.03. The molecule has 3 aromatic rings. The number of hydrogen-bond acceptors (Lipinski definition) is 3. The van der Waals surface area contributed by atoms with Crippen molar-refractivity contribution in [2.75, 3.05) is 0 Å². The van der Waals surface area contributed by atoms with Crippen LogP contribution in [0, 0.1) is 0 Å². The number of carbonyl (C=O) groups excluding carboxylic acids is 1. The van der Waals surface area contributed by atoms with Gasteiger partial charge in [-0.05, 0) is 23.3 Å². The number of carbonyl (C=O) groups is 1. The van der Waals surface area contributed by atoms with E-state index in [4.69, 9.17) is 9.73 Å². The smallest absolute Gasteiger partial charge is 0.341 e. The Labute approximate surface area is 165 Å². The second-order valence-electron chi connectivity index (χ2n) is 6.88. The Morgan fingerprint density at radius 1 is 0.821 bits per heavy atom. The molecule has 3 nitrogen and oxygen atoms in total. The molecule has 0 saturated heterocycles. The average Bonchev–Trinajstić information content (AvgIpc) is 3.06. The molecule has 1 aliphatic rings. The number of hydrogen-bond donors (Lipinski definition) is 0. The summed E-state index contributed by atoms with van der Waals surface area (Å²) in [5, 5.41) is 0. The molecule has 3 heteroatoms. The Bertz CT molecular complexity index is 994. The van der Waals surface area contributed by atoms with Crippen LogP contribution in [-0.4, -0.2) is 17.4 Å². The highest BCUT2D eigenvalue weighted by molar-refractivity contribution is 6.08. The Hall–Kier alpha value is -3.46. The highest BCUT2D eigenvalue weighted by Crippen LogP contribution is 2.31. The van der Waals surface area contributed by atoms with Gasteiger partial charge in [-0.25, -0.2) is 9.79 Å². The minimum atomic E-state index is -0.947. The van der Waals surface area contributed by atoms with Crippen LogP contribution in [0.5, 0.6) is 0 Å². The molecule has 0 unspecified atom stereocenters. The van der Waals surface area contributed by atoms with Crippen molar-refractivity contribution in [3.05, 3.63) is 114 Å². The molecule has 0 aliphatic carbocycles. The topological polar surface area (TPSA) is 38.7 Å². The summed E-state index contributed by atoms with van der Waals surface area (Å²) in [4.78, 5) is 17.7. The van der Waals surface area contributed by atoms with Crippen LogP contribution in [0.4, 0.5) is 0 Å². The predicted octanol–water partition coefficient (Wildman–Crippen LogP) is 5.08. The molecular weight excluding hydrogens is 346 g/mol. The van der Waals surface area contributed by atoms with Crippen molar-refractivity contribution in [1.29, 1.82) is 0 Å². The maximum absolute atomic E-state index is 13.0. The summed E-state index contributed by atoms with van der Waals surface area (Å²) in [7, 11) is 0. The summed E-state index contributed by atoms with van der Waals surface area (Å²) in [6, 6.07) is 29.6. The first-order valence-electron chi connectivity index (χ1n) is 9.38. The highest BCUT2D eigenvalue weighted by atomic mass is 16.6. The van der Waals surface area contributed by atoms with E-state index < -0.39 is 5.54 Å². The second kappa shape index (κ2) is 8.05. The number of cyclic esters (lactones) is 1. The molecule has 1 atom stereocenters. The molecule has 138 valence electrons. The molecule has 1 aliphatic heterocycles. The standard InChI is InChI=1S/C25H21NO2/c27-24-25(19-21-13-6-2-7-14-21,18-10-15-20-11-4-1-5-12-20)26-23(28-24)22-16-8-3-9-17-22/h1-17H,18-19H2/b15-10+/t25-/m1/s1. The number of ether oxygens (including phenoxy) is 1. The zero-order chi connectivity index (χ0) is 19.2. The van der Waals surface area contributed by atoms with E-state index in [9.17, 15) is 4.79 Å². The van der Waals surface area contributed by atoms with Crippen LogP contribution in [-0.2, 0) is 16.0 Å². The molecule has 0 N–H and O–H groups in total. The second-order valence-corrected chi connectivity index (χ2v) is 6.88. The van der Waals surface area contributed by atoms with Gasteiger partial charge in [-0.2, -0.15) is 0 Å². The monoisotopic (exact) mass is 367 g/mol. The van der Waals surface area contributed by atoms with E-state index in [0.717, 1.165) is 16.7 Å². The summed E-state index contributed by atoms with van der Waals surface area (Å²) in [5.74, 6) is 0.0996. The van der Waals surface area contributed by atoms with Crippen molar-refractivity contribution in [3.8, 4) is 0 Å². The molecule has 0 aromatic heterocycles. The number of rotatable bonds is 6. The lowest BCUT2D eigenvalue weighted by molar-refractivity contribution is -0.138. The first-order chi connectivity index (χ1) is 13.8. The van der Waals surface area contributed by atoms with Crippen molar-refractivity contribution in [2.45, 2.75) is 18.4 Å². The van der Waals surface area contributed by atoms with Crippen molar-refractivity contribution in [3.63, 3.8) is 0 Å². The van der Waals surface area contributed by atoms with E-state index >= 15 is 0 Å². The third-order valence-electron chi connectivity index (χ3n) is 4.81. The molecule has 0 spiro atoms. The lowest BCUT2D eigenvalue weighted by Crippen LogP contribution is -2.36. The Kier molecular flexibility index (Phi) is 5.16. The normalized spacial score (nSPS) is 18.9. The van der Waals surface area contributed by atoms with Crippen molar-refractivity contribution in [2.24, 2.45) is 4.99 Å². The van der Waals surface area contributed by atoms with Crippen LogP contribution in [0.25, 0.3) is 6.08 Å². The molecule has 1 heterocycles. The fourth-order valence-corrected chi connectivity index (χ4v) is 3.35. The van der Waals surface area contributed by atoms with E-state index in [0.29, 0.717) is 18.7 Å². The molecule has 3 aromatic carbocycles. The zero-order valence-corrected chi connectivity index (χ0v) is 15.5. The van der Waals surface area contributed by atoms with Gasteiger partial charge in [0.15, 0.2) is 5.54 Å². The van der Waals surface area contributed by atoms with Crippen LogP contribution in [0.2, 0.25) is 0 Å². The lowest BCUT2D eigenvalue weighted by Gasteiger charge is -2.20. The predicted molar refractivity (Wildman–Crippen MR) is 112 cm³/mol. The Morgan fingerprint density at radius 2 is 1.43 bits per heavy atom. The quantitative estimate of drug-likeness (QED) is 0.570. The van der Waals surface area contributed by atoms with Gasteiger partial charge in [0.2, 0.25) is 5.90 Å². The number of esters is 1. The first-order valence-corrected chi connectivity index (χ1v) is 9.38. The summed E-state index contributed by atoms with van der Waals surface area (Å²) in [6.45, 7) is 0. The Balaban J connectivity index is 1.66. The number of nitrogens with zero attached hydrogens (tertiary/aromatic N) is 1. The molecule has 0 fully saturated rings. The molecule has 0 amide bonds. The average molecular weight is 367 g/mol. The van der Waals surface area contributed by atoms with E-state index in [1.807, 2.05) is 103 Å². The van der Waals surface area contributed by atoms with E-state index in [-0.39, 0.29) is 5.97 Å². The third kappa shape index (κ3) is 3.94. The molecule has 0 saturated carbocycles. The van der Waals surface area contributed by atoms with Crippen LogP contribution >= 0.6 is 0 Å². The largest absolute Gasteiger partial charge is 0.405 e. The molecule has 28 heavy (non-hydrogen) atoms. The lowest BCUT2D eigenvalue weighted by atomic mass is 9.88. The first kappa shape index (κ1) is 17.9. The van der Waals surface area contributed by atoms with Gasteiger partial charge >= 0.3 is 5.97 Å². The van der Waals surface area contributed by atoms with Crippen LogP contribution < -0.4 is 0 Å². The third-order valence-corrected chi connectivity index (χ3v) is 4.81. The van der Waals surface area contributed by atoms with Crippen LogP contribution in [0.3, 0.4) is 0 Å². The van der Waals surface area contributed by atoms with E-state index in [1.165, 1.54) is 0 Å². The molecule has 0 radical (unpaired) electrons. The van der Waals surface area contributed by atoms with E-state index in [2.05, 4.69) is 0 Å². The minimum absolute atomic E-state index is 0.298. The maximum atomic E-state index is 13.0. The summed E-state index contributed by atoms with van der Waals surface area (Å²) in [6.07, 6.45) is 5.01. The maximum Gasteiger partial charge on any atom is 0.341 e. The fraction of sp³-hybridized carbons (Fsp3) is 0.120. The molecule has 4 rings (SSSR count).